The van der Waals surface area contributed by atoms with Gasteiger partial charge >= 0.3 is 6.03 Å². The van der Waals surface area contributed by atoms with Gasteiger partial charge in [-0.3, -0.25) is 0 Å². The molecule has 1 atom stereocenters. The molecule has 1 unspecified atom stereocenters. The van der Waals surface area contributed by atoms with Gasteiger partial charge in [0.2, 0.25) is 0 Å². The lowest BCUT2D eigenvalue weighted by molar-refractivity contribution is 0.141. The Morgan fingerprint density at radius 3 is 2.94 bits per heavy atom. The number of amides is 2. The highest BCUT2D eigenvalue weighted by molar-refractivity contribution is 5.76. The van der Waals surface area contributed by atoms with Crippen molar-refractivity contribution in [1.29, 1.82) is 0 Å². The van der Waals surface area contributed by atoms with E-state index in [1.165, 1.54) is 0 Å². The number of benzene rings is 1. The van der Waals surface area contributed by atoms with Gasteiger partial charge in [0.15, 0.2) is 6.23 Å². The van der Waals surface area contributed by atoms with Crippen LogP contribution < -0.4 is 15.4 Å². The number of urea groups is 1. The molecule has 5 heteroatoms. The lowest BCUT2D eigenvalue weighted by atomic mass is 10.1. The maximum Gasteiger partial charge on any atom is 0.317 e. The third kappa shape index (κ3) is 2.01. The van der Waals surface area contributed by atoms with Crippen molar-refractivity contribution in [2.45, 2.75) is 31.5 Å². The van der Waals surface area contributed by atoms with Gasteiger partial charge in [-0.05, 0) is 31.9 Å². The monoisotopic (exact) mass is 248 g/mol. The Balaban J connectivity index is 1.96. The molecule has 1 fully saturated rings. The molecule has 1 heterocycles. The summed E-state index contributed by atoms with van der Waals surface area (Å²) in [5.74, 6) is 0.628. The summed E-state index contributed by atoms with van der Waals surface area (Å²) in [6, 6.07) is 5.24. The van der Waals surface area contributed by atoms with E-state index in [0.717, 1.165) is 18.4 Å². The molecule has 0 radical (unpaired) electrons. The fourth-order valence-corrected chi connectivity index (χ4v) is 2.16. The summed E-state index contributed by atoms with van der Waals surface area (Å²) in [4.78, 5) is 11.7. The van der Waals surface area contributed by atoms with Crippen LogP contribution >= 0.6 is 0 Å². The molecule has 3 rings (SSSR count). The predicted molar refractivity (Wildman–Crippen MR) is 65.3 cm³/mol. The standard InChI is InChI=1S/C13H16N2O3/c1-8-2-3-10-9(6-8)11(16)14-12(17)15-13(4-5-13)7-18-10/h2-3,6,11,16H,4-5,7H2,1H3,(H2,14,15,17). The first-order valence-electron chi connectivity index (χ1n) is 6.08. The molecule has 18 heavy (non-hydrogen) atoms. The van der Waals surface area contributed by atoms with Gasteiger partial charge < -0.3 is 20.5 Å². The topological polar surface area (TPSA) is 70.6 Å². The molecular weight excluding hydrogens is 232 g/mol. The minimum Gasteiger partial charge on any atom is -0.491 e. The lowest BCUT2D eigenvalue weighted by Gasteiger charge is -2.16. The lowest BCUT2D eigenvalue weighted by Crippen LogP contribution is -2.46. The van der Waals surface area contributed by atoms with Crippen molar-refractivity contribution in [1.82, 2.24) is 10.6 Å². The van der Waals surface area contributed by atoms with Crippen LogP contribution in [0.15, 0.2) is 18.2 Å². The van der Waals surface area contributed by atoms with Gasteiger partial charge in [-0.25, -0.2) is 4.79 Å². The first kappa shape index (κ1) is 11.3. The van der Waals surface area contributed by atoms with Crippen molar-refractivity contribution in [3.05, 3.63) is 29.3 Å². The van der Waals surface area contributed by atoms with Crippen molar-refractivity contribution in [3.63, 3.8) is 0 Å². The Kier molecular flexibility index (Phi) is 2.45. The summed E-state index contributed by atoms with van der Waals surface area (Å²) < 4.78 is 5.75. The summed E-state index contributed by atoms with van der Waals surface area (Å²) in [5, 5.41) is 15.4. The fraction of sp³-hybridized carbons (Fsp3) is 0.462. The Bertz CT molecular complexity index is 497. The third-order valence-electron chi connectivity index (χ3n) is 3.46. The molecule has 2 aliphatic rings. The van der Waals surface area contributed by atoms with Crippen molar-refractivity contribution >= 4 is 6.03 Å². The molecule has 1 aliphatic carbocycles. The van der Waals surface area contributed by atoms with Gasteiger partial charge in [-0.15, -0.1) is 0 Å². The molecule has 0 saturated heterocycles. The molecular formula is C13H16N2O3. The number of fused-ring (bicyclic) bond motifs is 1. The summed E-state index contributed by atoms with van der Waals surface area (Å²) in [5.41, 5.74) is 1.36. The van der Waals surface area contributed by atoms with Crippen LogP contribution in [0.3, 0.4) is 0 Å². The zero-order chi connectivity index (χ0) is 12.8. The zero-order valence-electron chi connectivity index (χ0n) is 10.2. The third-order valence-corrected chi connectivity index (χ3v) is 3.46. The number of nitrogens with one attached hydrogen (secondary N) is 2. The van der Waals surface area contributed by atoms with Crippen LogP contribution in [-0.2, 0) is 0 Å². The summed E-state index contributed by atoms with van der Waals surface area (Å²) >= 11 is 0. The second-order valence-corrected chi connectivity index (χ2v) is 5.11. The van der Waals surface area contributed by atoms with E-state index in [4.69, 9.17) is 4.74 Å². The summed E-state index contributed by atoms with van der Waals surface area (Å²) in [6.07, 6.45) is 0.781. The number of carbonyl (C=O) groups excluding carboxylic acids is 1. The molecule has 0 bridgehead atoms. The summed E-state index contributed by atoms with van der Waals surface area (Å²) in [6.45, 7) is 2.38. The molecule has 2 amide bonds. The number of aliphatic hydroxyl groups is 1. The highest BCUT2D eigenvalue weighted by Crippen LogP contribution is 2.37. The van der Waals surface area contributed by atoms with E-state index in [-0.39, 0.29) is 11.6 Å². The van der Waals surface area contributed by atoms with Crippen LogP contribution in [0.25, 0.3) is 0 Å². The minimum atomic E-state index is -1.05. The maximum atomic E-state index is 11.7. The number of hydrogen-bond acceptors (Lipinski definition) is 3. The van der Waals surface area contributed by atoms with Crippen LogP contribution in [0.2, 0.25) is 0 Å². The van der Waals surface area contributed by atoms with E-state index >= 15 is 0 Å². The van der Waals surface area contributed by atoms with Crippen LogP contribution in [0.5, 0.6) is 5.75 Å². The Labute approximate surface area is 105 Å². The summed E-state index contributed by atoms with van der Waals surface area (Å²) in [7, 11) is 0. The van der Waals surface area contributed by atoms with Crippen LogP contribution in [-0.4, -0.2) is 23.3 Å². The smallest absolute Gasteiger partial charge is 0.317 e. The SMILES string of the molecule is Cc1ccc2c(c1)C(O)NC(=O)NC1(CC1)CO2. The molecule has 0 aromatic heterocycles. The largest absolute Gasteiger partial charge is 0.491 e. The van der Waals surface area contributed by atoms with E-state index in [9.17, 15) is 9.90 Å². The second-order valence-electron chi connectivity index (χ2n) is 5.11. The average Bonchev–Trinajstić information content (AvgIpc) is 3.05. The number of aliphatic hydroxyl groups excluding tert-OH is 1. The highest BCUT2D eigenvalue weighted by atomic mass is 16.5. The first-order chi connectivity index (χ1) is 8.58. The van der Waals surface area contributed by atoms with Crippen molar-refractivity contribution < 1.29 is 14.6 Å². The molecule has 1 spiro atoms. The molecule has 3 N–H and O–H groups in total. The minimum absolute atomic E-state index is 0.254. The quantitative estimate of drug-likeness (QED) is 0.646. The fourth-order valence-electron chi connectivity index (χ4n) is 2.16. The van der Waals surface area contributed by atoms with Crippen molar-refractivity contribution in [3.8, 4) is 5.75 Å². The molecule has 1 aromatic carbocycles. The number of aryl methyl sites for hydroxylation is 1. The van der Waals surface area contributed by atoms with Crippen molar-refractivity contribution in [2.75, 3.05) is 6.61 Å². The maximum absolute atomic E-state index is 11.7. The Morgan fingerprint density at radius 1 is 1.44 bits per heavy atom. The molecule has 96 valence electrons. The molecule has 1 saturated carbocycles. The highest BCUT2D eigenvalue weighted by Gasteiger charge is 2.46. The Morgan fingerprint density at radius 2 is 2.22 bits per heavy atom. The van der Waals surface area contributed by atoms with Gasteiger partial charge in [0.1, 0.15) is 12.4 Å². The number of ether oxygens (including phenoxy) is 1. The molecule has 1 aliphatic heterocycles. The zero-order valence-corrected chi connectivity index (χ0v) is 10.2. The molecule has 5 nitrogen and oxygen atoms in total. The average molecular weight is 248 g/mol. The van der Waals surface area contributed by atoms with Gasteiger partial charge in [0, 0.05) is 5.56 Å². The van der Waals surface area contributed by atoms with Gasteiger partial charge in [-0.2, -0.15) is 0 Å². The van der Waals surface area contributed by atoms with E-state index in [2.05, 4.69) is 10.6 Å². The number of carbonyl (C=O) groups is 1. The second kappa shape index (κ2) is 3.88. The van der Waals surface area contributed by atoms with Crippen LogP contribution in [0.1, 0.15) is 30.2 Å². The van der Waals surface area contributed by atoms with E-state index in [0.29, 0.717) is 17.9 Å². The van der Waals surface area contributed by atoms with Gasteiger partial charge in [0.05, 0.1) is 5.54 Å². The normalized spacial score (nSPS) is 24.8. The van der Waals surface area contributed by atoms with Gasteiger partial charge in [-0.1, -0.05) is 11.6 Å². The van der Waals surface area contributed by atoms with Gasteiger partial charge in [0.25, 0.3) is 0 Å². The van der Waals surface area contributed by atoms with Crippen LogP contribution in [0.4, 0.5) is 4.79 Å². The predicted octanol–water partition coefficient (Wildman–Crippen LogP) is 1.21. The molecule has 1 aromatic rings. The van der Waals surface area contributed by atoms with Crippen LogP contribution in [0, 0.1) is 6.92 Å². The van der Waals surface area contributed by atoms with Crippen molar-refractivity contribution in [2.24, 2.45) is 0 Å². The van der Waals surface area contributed by atoms with E-state index < -0.39 is 6.23 Å². The first-order valence-corrected chi connectivity index (χ1v) is 6.08. The number of hydrogen-bond donors (Lipinski definition) is 3. The van der Waals surface area contributed by atoms with E-state index in [1.54, 1.807) is 0 Å². The van der Waals surface area contributed by atoms with E-state index in [1.807, 2.05) is 25.1 Å². The Hall–Kier alpha value is -1.75. The number of rotatable bonds is 0.